The minimum Gasteiger partial charge on any atom is -1.00 e. The van der Waals surface area contributed by atoms with Crippen molar-refractivity contribution in [3.63, 3.8) is 0 Å². The Hall–Kier alpha value is -0.630. The first-order valence-electron chi connectivity index (χ1n) is 7.21. The van der Waals surface area contributed by atoms with Gasteiger partial charge in [0.2, 0.25) is 0 Å². The summed E-state index contributed by atoms with van der Waals surface area (Å²) in [6.07, 6.45) is 3.87. The molecule has 3 heteroatoms. The van der Waals surface area contributed by atoms with Gasteiger partial charge in [-0.1, -0.05) is 32.3 Å². The van der Waals surface area contributed by atoms with Crippen molar-refractivity contribution in [3.05, 3.63) is 85.5 Å². The van der Waals surface area contributed by atoms with Gasteiger partial charge in [0, 0.05) is 0 Å². The van der Waals surface area contributed by atoms with Gasteiger partial charge in [-0.15, -0.1) is 42.8 Å². The number of benzene rings is 1. The van der Waals surface area contributed by atoms with Crippen LogP contribution < -0.4 is 24.8 Å². The summed E-state index contributed by atoms with van der Waals surface area (Å²) in [4.78, 5) is 0. The van der Waals surface area contributed by atoms with E-state index in [-0.39, 0.29) is 50.7 Å². The number of halogens is 2. The summed E-state index contributed by atoms with van der Waals surface area (Å²) in [5, 5.41) is 2.66. The average Bonchev–Trinajstić information content (AvgIpc) is 3.19. The Morgan fingerprint density at radius 3 is 2.13 bits per heavy atom. The molecule has 0 bridgehead atoms. The predicted molar refractivity (Wildman–Crippen MR) is 91.4 cm³/mol. The maximum atomic E-state index is 3.00. The summed E-state index contributed by atoms with van der Waals surface area (Å²) >= 11 is 0. The maximum Gasteiger partial charge on any atom is 4.00 e. The molecule has 23 heavy (non-hydrogen) atoms. The van der Waals surface area contributed by atoms with Crippen LogP contribution in [0, 0.1) is 0 Å². The molecule has 3 aromatic carbocycles. The van der Waals surface area contributed by atoms with Crippen molar-refractivity contribution in [3.8, 4) is 0 Å². The van der Waals surface area contributed by atoms with E-state index in [9.17, 15) is 0 Å². The summed E-state index contributed by atoms with van der Waals surface area (Å²) in [6.45, 7) is 8.23. The number of rotatable bonds is 3. The molecule has 0 aliphatic heterocycles. The van der Waals surface area contributed by atoms with E-state index >= 15 is 0 Å². The van der Waals surface area contributed by atoms with E-state index < -0.39 is 0 Å². The van der Waals surface area contributed by atoms with Gasteiger partial charge in [-0.05, 0) is 0 Å². The summed E-state index contributed by atoms with van der Waals surface area (Å²) in [6, 6.07) is 23.3. The van der Waals surface area contributed by atoms with Gasteiger partial charge in [0.25, 0.3) is 0 Å². The van der Waals surface area contributed by atoms with Gasteiger partial charge in [-0.2, -0.15) is 35.2 Å². The number of hydrogen-bond donors (Lipinski definition) is 0. The zero-order chi connectivity index (χ0) is 14.6. The standard InChI is InChI=1S/C9H7.C9H13.C2H4.2ClH.Hf/c1-2-5-9-7-3-6-8(9)4-1;1-2-3-6-9-7-4-5-8-9;1-2;;;/h1-7H;4-5,7-8H,2-3,6H2,1H3;1-2H2;2*1H;/q2*-1;;;;+4/p-2. The molecular weight excluding hydrogens is 490 g/mol. The van der Waals surface area contributed by atoms with E-state index in [1.165, 1.54) is 35.6 Å². The topological polar surface area (TPSA) is 0 Å². The van der Waals surface area contributed by atoms with Gasteiger partial charge in [-0.25, -0.2) is 12.1 Å². The number of unbranched alkanes of at least 4 members (excludes halogenated alkanes) is 1. The molecule has 0 heterocycles. The van der Waals surface area contributed by atoms with Gasteiger partial charge < -0.3 is 24.8 Å². The Bertz CT molecular complexity index is 540. The van der Waals surface area contributed by atoms with E-state index in [0.717, 1.165) is 0 Å². The van der Waals surface area contributed by atoms with Gasteiger partial charge in [-0.3, -0.25) is 0 Å². The quantitative estimate of drug-likeness (QED) is 0.265. The van der Waals surface area contributed by atoms with Crippen LogP contribution in [0.5, 0.6) is 0 Å². The van der Waals surface area contributed by atoms with Crippen LogP contribution in [0.25, 0.3) is 10.8 Å². The Kier molecular flexibility index (Phi) is 21.0. The molecule has 0 spiro atoms. The summed E-state index contributed by atoms with van der Waals surface area (Å²) in [5.74, 6) is 0. The van der Waals surface area contributed by atoms with Crippen molar-refractivity contribution in [2.45, 2.75) is 26.2 Å². The first-order valence-corrected chi connectivity index (χ1v) is 7.21. The Labute approximate surface area is 172 Å². The molecule has 3 aromatic rings. The molecule has 0 unspecified atom stereocenters. The van der Waals surface area contributed by atoms with Crippen LogP contribution >= 0.6 is 0 Å². The number of fused-ring (bicyclic) bond motifs is 1. The molecule has 0 aliphatic carbocycles. The zero-order valence-electron chi connectivity index (χ0n) is 13.6. The summed E-state index contributed by atoms with van der Waals surface area (Å²) < 4.78 is 0. The molecule has 3 rings (SSSR count). The normalized spacial score (nSPS) is 8.04. The van der Waals surface area contributed by atoms with E-state index in [1.54, 1.807) is 0 Å². The Balaban J connectivity index is -0.000000281. The Morgan fingerprint density at radius 2 is 1.57 bits per heavy atom. The van der Waals surface area contributed by atoms with Crippen LogP contribution in [0.4, 0.5) is 0 Å². The van der Waals surface area contributed by atoms with Crippen LogP contribution in [-0.2, 0) is 32.3 Å². The van der Waals surface area contributed by atoms with E-state index in [0.29, 0.717) is 0 Å². The van der Waals surface area contributed by atoms with Crippen molar-refractivity contribution in [2.75, 3.05) is 0 Å². The molecule has 0 aliphatic rings. The van der Waals surface area contributed by atoms with Crippen molar-refractivity contribution in [1.82, 2.24) is 0 Å². The fraction of sp³-hybridized carbons (Fsp3) is 0.200. The third-order valence-corrected chi connectivity index (χ3v) is 3.10. The van der Waals surface area contributed by atoms with Gasteiger partial charge in [0.05, 0.1) is 0 Å². The van der Waals surface area contributed by atoms with Crippen LogP contribution in [0.1, 0.15) is 25.3 Å². The monoisotopic (exact) mass is 514 g/mol. The third kappa shape index (κ3) is 10.7. The fourth-order valence-corrected chi connectivity index (χ4v) is 2.03. The van der Waals surface area contributed by atoms with Crippen molar-refractivity contribution in [1.29, 1.82) is 0 Å². The first kappa shape index (κ1) is 27.2. The van der Waals surface area contributed by atoms with E-state index in [1.807, 2.05) is 0 Å². The SMILES string of the molecule is C=C.CCCC[c-]1cccc1.[Cl-].[Cl-].[Hf+4].c1ccc2[cH-]ccc2c1. The summed E-state index contributed by atoms with van der Waals surface area (Å²) in [7, 11) is 0. The minimum absolute atomic E-state index is 0. The Morgan fingerprint density at radius 1 is 0.957 bits per heavy atom. The number of hydrogen-bond acceptors (Lipinski definition) is 0. The molecule has 0 nitrogen and oxygen atoms in total. The van der Waals surface area contributed by atoms with Crippen molar-refractivity contribution in [2.24, 2.45) is 0 Å². The molecule has 0 N–H and O–H groups in total. The molecule has 0 amide bonds. The maximum absolute atomic E-state index is 3.00. The second-order valence-electron chi connectivity index (χ2n) is 4.55. The number of aryl methyl sites for hydroxylation is 1. The van der Waals surface area contributed by atoms with Crippen LogP contribution in [0.2, 0.25) is 0 Å². The van der Waals surface area contributed by atoms with Gasteiger partial charge >= 0.3 is 25.8 Å². The van der Waals surface area contributed by atoms with Crippen molar-refractivity contribution < 1.29 is 50.7 Å². The third-order valence-electron chi connectivity index (χ3n) is 3.10. The minimum atomic E-state index is 0. The second-order valence-corrected chi connectivity index (χ2v) is 4.55. The van der Waals surface area contributed by atoms with Crippen LogP contribution in [0.15, 0.2) is 79.9 Å². The summed E-state index contributed by atoms with van der Waals surface area (Å²) in [5.41, 5.74) is 1.48. The molecule has 0 saturated heterocycles. The molecular formula is C20H24Cl2Hf. The molecule has 122 valence electrons. The molecule has 0 fully saturated rings. The zero-order valence-corrected chi connectivity index (χ0v) is 18.7. The molecule has 0 atom stereocenters. The van der Waals surface area contributed by atoms with E-state index in [2.05, 4.69) is 86.8 Å². The van der Waals surface area contributed by atoms with Crippen molar-refractivity contribution >= 4 is 10.8 Å². The first-order chi connectivity index (χ1) is 9.90. The molecule has 0 aromatic heterocycles. The largest absolute Gasteiger partial charge is 4.00 e. The van der Waals surface area contributed by atoms with Gasteiger partial charge in [0.15, 0.2) is 0 Å². The van der Waals surface area contributed by atoms with Gasteiger partial charge in [0.1, 0.15) is 0 Å². The van der Waals surface area contributed by atoms with E-state index in [4.69, 9.17) is 0 Å². The average molecular weight is 514 g/mol. The molecule has 0 saturated carbocycles. The van der Waals surface area contributed by atoms with Crippen LogP contribution in [-0.4, -0.2) is 0 Å². The molecule has 0 radical (unpaired) electrons. The predicted octanol–water partition coefficient (Wildman–Crippen LogP) is 0.115. The van der Waals surface area contributed by atoms with Crippen LogP contribution in [0.3, 0.4) is 0 Å². The smallest absolute Gasteiger partial charge is 1.00 e. The fourth-order valence-electron chi connectivity index (χ4n) is 2.03. The second kappa shape index (κ2) is 17.7.